The number of aromatic nitrogens is 1. The van der Waals surface area contributed by atoms with Crippen LogP contribution in [0.3, 0.4) is 0 Å². The summed E-state index contributed by atoms with van der Waals surface area (Å²) in [6.45, 7) is 9.06. The predicted molar refractivity (Wildman–Crippen MR) is 98.9 cm³/mol. The van der Waals surface area contributed by atoms with Crippen molar-refractivity contribution in [1.29, 1.82) is 0 Å². The monoisotopic (exact) mass is 339 g/mol. The van der Waals surface area contributed by atoms with Gasteiger partial charge in [0.2, 0.25) is 0 Å². The van der Waals surface area contributed by atoms with Crippen molar-refractivity contribution in [2.75, 3.05) is 11.9 Å². The SMILES string of the molecule is CCc1nccc(C)c1NC(=O)N1Cc2ccccc2OC(C)(C)C1. The quantitative estimate of drug-likeness (QED) is 0.894. The molecule has 0 saturated carbocycles. The first kappa shape index (κ1) is 17.3. The van der Waals surface area contributed by atoms with Gasteiger partial charge in [0.25, 0.3) is 0 Å². The topological polar surface area (TPSA) is 54.5 Å². The van der Waals surface area contributed by atoms with Crippen LogP contribution in [-0.2, 0) is 13.0 Å². The molecular weight excluding hydrogens is 314 g/mol. The fourth-order valence-electron chi connectivity index (χ4n) is 3.17. The van der Waals surface area contributed by atoms with Crippen LogP contribution in [0.2, 0.25) is 0 Å². The molecule has 0 atom stereocenters. The number of hydrogen-bond donors (Lipinski definition) is 1. The van der Waals surface area contributed by atoms with Gasteiger partial charge < -0.3 is 15.0 Å². The largest absolute Gasteiger partial charge is 0.486 e. The van der Waals surface area contributed by atoms with E-state index in [0.29, 0.717) is 13.1 Å². The van der Waals surface area contributed by atoms with Crippen LogP contribution in [0.15, 0.2) is 36.5 Å². The van der Waals surface area contributed by atoms with Gasteiger partial charge in [-0.25, -0.2) is 4.79 Å². The standard InChI is InChI=1S/C20H25N3O2/c1-5-16-18(14(2)10-11-21-16)22-19(24)23-12-15-8-6-7-9-17(15)25-20(3,4)13-23/h6-11H,5,12-13H2,1-4H3,(H,22,24). The molecular formula is C20H25N3O2. The first-order valence-corrected chi connectivity index (χ1v) is 8.67. The van der Waals surface area contributed by atoms with Gasteiger partial charge in [-0.2, -0.15) is 0 Å². The van der Waals surface area contributed by atoms with Gasteiger partial charge in [0.1, 0.15) is 11.4 Å². The van der Waals surface area contributed by atoms with Crippen molar-refractivity contribution in [2.45, 2.75) is 46.3 Å². The van der Waals surface area contributed by atoms with E-state index in [2.05, 4.69) is 10.3 Å². The van der Waals surface area contributed by atoms with Gasteiger partial charge in [0.15, 0.2) is 0 Å². The summed E-state index contributed by atoms with van der Waals surface area (Å²) in [7, 11) is 0. The van der Waals surface area contributed by atoms with E-state index in [1.54, 1.807) is 11.1 Å². The highest BCUT2D eigenvalue weighted by molar-refractivity contribution is 5.91. The van der Waals surface area contributed by atoms with Crippen LogP contribution in [0.25, 0.3) is 0 Å². The molecule has 0 radical (unpaired) electrons. The molecule has 5 heteroatoms. The number of nitrogens with zero attached hydrogens (tertiary/aromatic N) is 2. The first-order chi connectivity index (χ1) is 11.9. The number of pyridine rings is 1. The number of aryl methyl sites for hydroxylation is 2. The first-order valence-electron chi connectivity index (χ1n) is 8.67. The summed E-state index contributed by atoms with van der Waals surface area (Å²) < 4.78 is 6.11. The molecule has 2 aromatic rings. The minimum absolute atomic E-state index is 0.126. The molecule has 1 aliphatic rings. The average molecular weight is 339 g/mol. The highest BCUT2D eigenvalue weighted by Gasteiger charge is 2.31. The van der Waals surface area contributed by atoms with E-state index in [-0.39, 0.29) is 6.03 Å². The van der Waals surface area contributed by atoms with E-state index in [4.69, 9.17) is 4.74 Å². The Morgan fingerprint density at radius 1 is 1.32 bits per heavy atom. The summed E-state index contributed by atoms with van der Waals surface area (Å²) in [4.78, 5) is 19.2. The van der Waals surface area contributed by atoms with E-state index < -0.39 is 5.60 Å². The second-order valence-electron chi connectivity index (χ2n) is 7.06. The Labute approximate surface area is 149 Å². The van der Waals surface area contributed by atoms with E-state index in [1.807, 2.05) is 58.0 Å². The van der Waals surface area contributed by atoms with Crippen molar-refractivity contribution >= 4 is 11.7 Å². The molecule has 2 amide bonds. The minimum atomic E-state index is -0.457. The van der Waals surface area contributed by atoms with Crippen molar-refractivity contribution in [3.63, 3.8) is 0 Å². The highest BCUT2D eigenvalue weighted by Crippen LogP contribution is 2.30. The second kappa shape index (κ2) is 6.75. The summed E-state index contributed by atoms with van der Waals surface area (Å²) in [5.41, 5.74) is 3.29. The van der Waals surface area contributed by atoms with E-state index >= 15 is 0 Å². The Morgan fingerprint density at radius 2 is 2.08 bits per heavy atom. The molecule has 2 heterocycles. The molecule has 0 aliphatic carbocycles. The van der Waals surface area contributed by atoms with E-state index in [0.717, 1.165) is 34.7 Å². The fraction of sp³-hybridized carbons (Fsp3) is 0.400. The summed E-state index contributed by atoms with van der Waals surface area (Å²) in [5, 5.41) is 3.06. The van der Waals surface area contributed by atoms with Crippen LogP contribution in [0, 0.1) is 6.92 Å². The maximum absolute atomic E-state index is 13.0. The van der Waals surface area contributed by atoms with Crippen LogP contribution in [-0.4, -0.2) is 28.1 Å². The summed E-state index contributed by atoms with van der Waals surface area (Å²) in [6.07, 6.45) is 2.55. The molecule has 1 aliphatic heterocycles. The molecule has 1 aromatic heterocycles. The van der Waals surface area contributed by atoms with Crippen molar-refractivity contribution in [1.82, 2.24) is 9.88 Å². The van der Waals surface area contributed by atoms with Gasteiger partial charge in [0, 0.05) is 11.8 Å². The van der Waals surface area contributed by atoms with Crippen molar-refractivity contribution in [3.8, 4) is 5.75 Å². The molecule has 0 unspecified atom stereocenters. The Bertz CT molecular complexity index is 786. The summed E-state index contributed by atoms with van der Waals surface area (Å²) in [6, 6.07) is 9.68. The molecule has 0 spiro atoms. The number of carbonyl (C=O) groups is 1. The van der Waals surface area contributed by atoms with Gasteiger partial charge in [-0.1, -0.05) is 25.1 Å². The van der Waals surface area contributed by atoms with Crippen LogP contribution < -0.4 is 10.1 Å². The number of benzene rings is 1. The summed E-state index contributed by atoms with van der Waals surface area (Å²) >= 11 is 0. The molecule has 132 valence electrons. The Kier molecular flexibility index (Phi) is 4.66. The zero-order valence-electron chi connectivity index (χ0n) is 15.3. The Balaban J connectivity index is 1.87. The molecule has 0 bridgehead atoms. The summed E-state index contributed by atoms with van der Waals surface area (Å²) in [5.74, 6) is 0.842. The normalized spacial score (nSPS) is 15.8. The predicted octanol–water partition coefficient (Wildman–Crippen LogP) is 4.16. The van der Waals surface area contributed by atoms with Crippen LogP contribution in [0.1, 0.15) is 37.6 Å². The van der Waals surface area contributed by atoms with Crippen molar-refractivity contribution in [3.05, 3.63) is 53.3 Å². The zero-order valence-corrected chi connectivity index (χ0v) is 15.3. The van der Waals surface area contributed by atoms with Crippen LogP contribution in [0.4, 0.5) is 10.5 Å². The van der Waals surface area contributed by atoms with Gasteiger partial charge in [-0.3, -0.25) is 4.98 Å². The molecule has 1 aromatic carbocycles. The zero-order chi connectivity index (χ0) is 18.0. The van der Waals surface area contributed by atoms with Gasteiger partial charge in [-0.15, -0.1) is 0 Å². The third kappa shape index (κ3) is 3.76. The van der Waals surface area contributed by atoms with Gasteiger partial charge >= 0.3 is 6.03 Å². The number of carbonyl (C=O) groups excluding carboxylic acids is 1. The molecule has 3 rings (SSSR count). The van der Waals surface area contributed by atoms with Gasteiger partial charge in [-0.05, 0) is 44.9 Å². The second-order valence-corrected chi connectivity index (χ2v) is 7.06. The third-order valence-corrected chi connectivity index (χ3v) is 4.38. The fourth-order valence-corrected chi connectivity index (χ4v) is 3.17. The maximum Gasteiger partial charge on any atom is 0.322 e. The Hall–Kier alpha value is -2.56. The number of fused-ring (bicyclic) bond motifs is 1. The molecule has 0 fully saturated rings. The van der Waals surface area contributed by atoms with E-state index in [1.165, 1.54) is 0 Å². The highest BCUT2D eigenvalue weighted by atomic mass is 16.5. The number of ether oxygens (including phenoxy) is 1. The van der Waals surface area contributed by atoms with E-state index in [9.17, 15) is 4.79 Å². The average Bonchev–Trinajstić information content (AvgIpc) is 2.71. The van der Waals surface area contributed by atoms with Crippen LogP contribution >= 0.6 is 0 Å². The van der Waals surface area contributed by atoms with Crippen LogP contribution in [0.5, 0.6) is 5.75 Å². The van der Waals surface area contributed by atoms with Crippen molar-refractivity contribution < 1.29 is 9.53 Å². The third-order valence-electron chi connectivity index (χ3n) is 4.38. The number of hydrogen-bond acceptors (Lipinski definition) is 3. The lowest BCUT2D eigenvalue weighted by molar-refractivity contribution is 0.0835. The minimum Gasteiger partial charge on any atom is -0.486 e. The number of amides is 2. The molecule has 25 heavy (non-hydrogen) atoms. The molecule has 5 nitrogen and oxygen atoms in total. The number of anilines is 1. The number of nitrogens with one attached hydrogen (secondary N) is 1. The number of urea groups is 1. The number of para-hydroxylation sites is 1. The molecule has 0 saturated heterocycles. The number of rotatable bonds is 2. The Morgan fingerprint density at radius 3 is 2.84 bits per heavy atom. The smallest absolute Gasteiger partial charge is 0.322 e. The lowest BCUT2D eigenvalue weighted by Crippen LogP contribution is -2.45. The lowest BCUT2D eigenvalue weighted by Gasteiger charge is -2.30. The maximum atomic E-state index is 13.0. The lowest BCUT2D eigenvalue weighted by atomic mass is 10.1. The van der Waals surface area contributed by atoms with Crippen molar-refractivity contribution in [2.24, 2.45) is 0 Å². The van der Waals surface area contributed by atoms with Gasteiger partial charge in [0.05, 0.1) is 24.5 Å². The molecule has 1 N–H and O–H groups in total.